The van der Waals surface area contributed by atoms with Gasteiger partial charge in [0.2, 0.25) is 0 Å². The van der Waals surface area contributed by atoms with E-state index in [0.717, 1.165) is 95.8 Å². The Bertz CT molecular complexity index is 2000. The van der Waals surface area contributed by atoms with Crippen LogP contribution in [0.2, 0.25) is 0 Å². The molecule has 0 saturated heterocycles. The van der Waals surface area contributed by atoms with E-state index in [-0.39, 0.29) is 25.7 Å². The van der Waals surface area contributed by atoms with Crippen molar-refractivity contribution >= 4 is 39.5 Å². The minimum Gasteiger partial charge on any atom is -0.462 e. The molecule has 0 amide bonds. The van der Waals surface area contributed by atoms with Crippen LogP contribution in [0.1, 0.15) is 465 Å². The molecule has 3 N–H and O–H groups in total. The van der Waals surface area contributed by atoms with E-state index in [1.165, 1.54) is 289 Å². The van der Waals surface area contributed by atoms with Crippen molar-refractivity contribution in [3.8, 4) is 0 Å². The number of hydrogen-bond donors (Lipinski definition) is 3. The fourth-order valence-corrected chi connectivity index (χ4v) is 15.1. The number of aliphatic hydroxyl groups is 1. The molecule has 0 radical (unpaired) electrons. The molecule has 0 aromatic carbocycles. The van der Waals surface area contributed by atoms with E-state index in [9.17, 15) is 43.2 Å². The zero-order chi connectivity index (χ0) is 76.9. The van der Waals surface area contributed by atoms with Gasteiger partial charge in [-0.3, -0.25) is 37.3 Å². The predicted octanol–water partition coefficient (Wildman–Crippen LogP) is 26.4. The smallest absolute Gasteiger partial charge is 0.462 e. The molecule has 5 atom stereocenters. The summed E-state index contributed by atoms with van der Waals surface area (Å²) in [5.41, 5.74) is 0. The molecule has 0 saturated carbocycles. The fourth-order valence-electron chi connectivity index (χ4n) is 13.5. The highest BCUT2D eigenvalue weighted by Crippen LogP contribution is 2.45. The van der Waals surface area contributed by atoms with Gasteiger partial charge in [0.1, 0.15) is 19.3 Å². The maximum Gasteiger partial charge on any atom is 0.472 e. The van der Waals surface area contributed by atoms with E-state index < -0.39 is 97.5 Å². The molecule has 624 valence electrons. The topological polar surface area (TPSA) is 237 Å². The molecule has 0 aromatic rings. The third-order valence-electron chi connectivity index (χ3n) is 20.3. The molecule has 105 heavy (non-hydrogen) atoms. The van der Waals surface area contributed by atoms with Crippen molar-refractivity contribution in [2.75, 3.05) is 39.6 Å². The Morgan fingerprint density at radius 1 is 0.257 bits per heavy atom. The summed E-state index contributed by atoms with van der Waals surface area (Å²) >= 11 is 0. The lowest BCUT2D eigenvalue weighted by Gasteiger charge is -2.21. The number of carbonyl (C=O) groups excluding carboxylic acids is 4. The van der Waals surface area contributed by atoms with Crippen molar-refractivity contribution in [3.05, 3.63) is 0 Å². The maximum atomic E-state index is 13.1. The van der Waals surface area contributed by atoms with Gasteiger partial charge in [0.25, 0.3) is 0 Å². The molecule has 0 bridgehead atoms. The van der Waals surface area contributed by atoms with Crippen LogP contribution in [-0.2, 0) is 65.4 Å². The van der Waals surface area contributed by atoms with Crippen LogP contribution in [0.15, 0.2) is 0 Å². The van der Waals surface area contributed by atoms with Crippen molar-refractivity contribution in [1.82, 2.24) is 0 Å². The van der Waals surface area contributed by atoms with Crippen LogP contribution in [0, 0.1) is 5.92 Å². The molecule has 0 aliphatic heterocycles. The standard InChI is InChI=1S/C86H168O17P2/c1-6-9-12-15-18-21-24-26-28-30-31-32-33-34-35-37-41-47-52-57-62-67-72-86(91)103-82(76-97-84(89)70-65-60-55-50-45-42-38-39-44-48-53-58-63-68-79(4)5)78-101-105(94,95)99-74-80(87)73-98-104(92,93)100-77-81(75-96-83(88)69-64-59-54-49-43-23-20-17-14-11-8-3)102-85(90)71-66-61-56-51-46-40-36-29-27-25-22-19-16-13-10-7-2/h79-82,87H,6-78H2,1-5H3,(H,92,93)(H,94,95)/t80-,81+,82+/m0/s1. The first-order valence-corrected chi connectivity index (χ1v) is 47.6. The van der Waals surface area contributed by atoms with Gasteiger partial charge >= 0.3 is 39.5 Å². The molecule has 0 spiro atoms. The molecular formula is C86H168O17P2. The summed E-state index contributed by atoms with van der Waals surface area (Å²) in [5.74, 6) is -1.31. The lowest BCUT2D eigenvalue weighted by Crippen LogP contribution is -2.30. The summed E-state index contributed by atoms with van der Waals surface area (Å²) in [6, 6.07) is 0. The maximum absolute atomic E-state index is 13.1. The second-order valence-corrected chi connectivity index (χ2v) is 34.3. The van der Waals surface area contributed by atoms with Crippen LogP contribution in [0.4, 0.5) is 0 Å². The first-order valence-electron chi connectivity index (χ1n) is 44.6. The average molecular weight is 1540 g/mol. The molecule has 17 nitrogen and oxygen atoms in total. The summed E-state index contributed by atoms with van der Waals surface area (Å²) < 4.78 is 68.9. The molecule has 0 aliphatic rings. The number of esters is 4. The molecule has 0 aromatic heterocycles. The van der Waals surface area contributed by atoms with Gasteiger partial charge in [-0.1, -0.05) is 413 Å². The monoisotopic (exact) mass is 1540 g/mol. The van der Waals surface area contributed by atoms with Crippen LogP contribution in [0.3, 0.4) is 0 Å². The van der Waals surface area contributed by atoms with Crippen LogP contribution >= 0.6 is 15.6 Å². The Balaban J connectivity index is 5.22. The number of ether oxygens (including phenoxy) is 4. The summed E-state index contributed by atoms with van der Waals surface area (Å²) in [6.45, 7) is 7.38. The van der Waals surface area contributed by atoms with Gasteiger partial charge in [-0.25, -0.2) is 9.13 Å². The Morgan fingerprint density at radius 3 is 0.648 bits per heavy atom. The first kappa shape index (κ1) is 103. The van der Waals surface area contributed by atoms with Gasteiger partial charge < -0.3 is 33.8 Å². The van der Waals surface area contributed by atoms with E-state index in [4.69, 9.17) is 37.0 Å². The highest BCUT2D eigenvalue weighted by Gasteiger charge is 2.30. The first-order chi connectivity index (χ1) is 51.0. The van der Waals surface area contributed by atoms with Gasteiger partial charge in [-0.05, 0) is 31.6 Å². The lowest BCUT2D eigenvalue weighted by molar-refractivity contribution is -0.161. The van der Waals surface area contributed by atoms with Gasteiger partial charge in [0.15, 0.2) is 12.2 Å². The average Bonchev–Trinajstić information content (AvgIpc) is 0.974. The number of carbonyl (C=O) groups is 4. The van der Waals surface area contributed by atoms with E-state index in [1.54, 1.807) is 0 Å². The molecule has 0 fully saturated rings. The van der Waals surface area contributed by atoms with Crippen molar-refractivity contribution < 1.29 is 80.2 Å². The van der Waals surface area contributed by atoms with Crippen molar-refractivity contribution in [3.63, 3.8) is 0 Å². The Morgan fingerprint density at radius 2 is 0.438 bits per heavy atom. The summed E-state index contributed by atoms with van der Waals surface area (Å²) in [6.07, 6.45) is 72.2. The number of unbranched alkanes of at least 4 members (excludes halogenated alkanes) is 58. The van der Waals surface area contributed by atoms with Crippen LogP contribution in [0.5, 0.6) is 0 Å². The van der Waals surface area contributed by atoms with Gasteiger partial charge in [-0.2, -0.15) is 0 Å². The van der Waals surface area contributed by atoms with E-state index in [2.05, 4.69) is 34.6 Å². The number of phosphoric ester groups is 2. The van der Waals surface area contributed by atoms with Gasteiger partial charge in [0.05, 0.1) is 26.4 Å². The SMILES string of the molecule is CCCCCCCCCCCCCCCCCCCCCCCCC(=O)O[C@H](COC(=O)CCCCCCCCCCCCCCCC(C)C)COP(=O)(O)OC[C@@H](O)COP(=O)(O)OC[C@@H](COC(=O)CCCCCCCCCCCCC)OC(=O)CCCCCCCCCCCCCCCCCC. The largest absolute Gasteiger partial charge is 0.472 e. The van der Waals surface area contributed by atoms with Crippen molar-refractivity contribution in [2.45, 2.75) is 483 Å². The molecular weight excluding hydrogens is 1370 g/mol. The van der Waals surface area contributed by atoms with Crippen molar-refractivity contribution in [2.24, 2.45) is 5.92 Å². The van der Waals surface area contributed by atoms with Gasteiger partial charge in [0, 0.05) is 25.7 Å². The second kappa shape index (κ2) is 78.7. The molecule has 0 rings (SSSR count). The number of hydrogen-bond acceptors (Lipinski definition) is 15. The van der Waals surface area contributed by atoms with Crippen molar-refractivity contribution in [1.29, 1.82) is 0 Å². The summed E-state index contributed by atoms with van der Waals surface area (Å²) in [5, 5.41) is 10.7. The third-order valence-corrected chi connectivity index (χ3v) is 22.2. The zero-order valence-corrected chi connectivity index (χ0v) is 70.7. The zero-order valence-electron chi connectivity index (χ0n) is 68.9. The number of phosphoric acid groups is 2. The number of rotatable bonds is 86. The fraction of sp³-hybridized carbons (Fsp3) is 0.953. The van der Waals surface area contributed by atoms with Crippen LogP contribution in [0.25, 0.3) is 0 Å². The minimum atomic E-state index is -4.97. The van der Waals surface area contributed by atoms with Gasteiger partial charge in [-0.15, -0.1) is 0 Å². The summed E-state index contributed by atoms with van der Waals surface area (Å²) in [7, 11) is -9.93. The highest BCUT2D eigenvalue weighted by molar-refractivity contribution is 7.47. The third kappa shape index (κ3) is 79.9. The Kier molecular flexibility index (Phi) is 77.3. The minimum absolute atomic E-state index is 0.109. The predicted molar refractivity (Wildman–Crippen MR) is 432 cm³/mol. The Labute approximate surface area is 645 Å². The second-order valence-electron chi connectivity index (χ2n) is 31.4. The molecule has 0 heterocycles. The molecule has 19 heteroatoms. The normalized spacial score (nSPS) is 13.8. The quantitative estimate of drug-likeness (QED) is 0.0222. The van der Waals surface area contributed by atoms with Crippen LogP contribution < -0.4 is 0 Å². The van der Waals surface area contributed by atoms with E-state index in [1.807, 2.05) is 0 Å². The Hall–Kier alpha value is -1.94. The summed E-state index contributed by atoms with van der Waals surface area (Å²) in [4.78, 5) is 73.2. The molecule has 2 unspecified atom stereocenters. The lowest BCUT2D eigenvalue weighted by atomic mass is 10.0. The number of aliphatic hydroxyl groups excluding tert-OH is 1. The highest BCUT2D eigenvalue weighted by atomic mass is 31.2. The van der Waals surface area contributed by atoms with Crippen LogP contribution in [-0.4, -0.2) is 96.7 Å². The molecule has 0 aliphatic carbocycles. The van der Waals surface area contributed by atoms with E-state index in [0.29, 0.717) is 25.7 Å². The van der Waals surface area contributed by atoms with E-state index >= 15 is 0 Å².